The van der Waals surface area contributed by atoms with E-state index in [1.807, 2.05) is 12.1 Å². The summed E-state index contributed by atoms with van der Waals surface area (Å²) in [6.07, 6.45) is 4.50. The Morgan fingerprint density at radius 3 is 2.49 bits per heavy atom. The lowest BCUT2D eigenvalue weighted by molar-refractivity contribution is -0.120. The van der Waals surface area contributed by atoms with E-state index in [1.165, 1.54) is 12.1 Å². The molecule has 9 heteroatoms. The number of pyridine rings is 1. The fourth-order valence-corrected chi connectivity index (χ4v) is 6.41. The lowest BCUT2D eigenvalue weighted by Gasteiger charge is -2.33. The van der Waals surface area contributed by atoms with Gasteiger partial charge in [-0.05, 0) is 80.3 Å². The normalized spacial score (nSPS) is 19.6. The van der Waals surface area contributed by atoms with Crippen molar-refractivity contribution in [2.75, 3.05) is 36.4 Å². The number of piperidine rings is 2. The number of halogens is 1. The highest BCUT2D eigenvalue weighted by molar-refractivity contribution is 7.89. The Morgan fingerprint density at radius 2 is 1.71 bits per heavy atom. The summed E-state index contributed by atoms with van der Waals surface area (Å²) in [5.74, 6) is 0.131. The van der Waals surface area contributed by atoms with Crippen LogP contribution in [0.3, 0.4) is 0 Å². The Kier molecular flexibility index (Phi) is 6.71. The average Bonchev–Trinajstić information content (AvgIpc) is 2.90. The predicted octanol–water partition coefficient (Wildman–Crippen LogP) is 4.40. The summed E-state index contributed by atoms with van der Waals surface area (Å²) in [6, 6.07) is 14.6. The Morgan fingerprint density at radius 1 is 0.943 bits per heavy atom. The number of sulfonamides is 1. The van der Waals surface area contributed by atoms with Gasteiger partial charge < -0.3 is 10.2 Å². The molecule has 184 valence electrons. The molecule has 0 saturated carbocycles. The van der Waals surface area contributed by atoms with Gasteiger partial charge in [-0.25, -0.2) is 17.8 Å². The third kappa shape index (κ3) is 5.16. The van der Waals surface area contributed by atoms with Crippen molar-refractivity contribution in [2.45, 2.75) is 37.0 Å². The summed E-state index contributed by atoms with van der Waals surface area (Å²) in [7, 11) is -3.50. The van der Waals surface area contributed by atoms with Crippen molar-refractivity contribution < 1.29 is 17.6 Å². The van der Waals surface area contributed by atoms with E-state index in [-0.39, 0.29) is 17.6 Å². The zero-order valence-corrected chi connectivity index (χ0v) is 20.3. The lowest BCUT2D eigenvalue weighted by atomic mass is 9.97. The molecule has 0 radical (unpaired) electrons. The van der Waals surface area contributed by atoms with Crippen LogP contribution in [0.15, 0.2) is 59.5 Å². The van der Waals surface area contributed by atoms with Gasteiger partial charge >= 0.3 is 0 Å². The summed E-state index contributed by atoms with van der Waals surface area (Å²) in [5.41, 5.74) is 1.30. The van der Waals surface area contributed by atoms with E-state index in [4.69, 9.17) is 4.98 Å². The first-order chi connectivity index (χ1) is 16.9. The molecule has 2 aliphatic heterocycles. The third-order valence-corrected chi connectivity index (χ3v) is 8.72. The number of anilines is 2. The minimum absolute atomic E-state index is 0.0883. The van der Waals surface area contributed by atoms with Gasteiger partial charge in [0.2, 0.25) is 15.9 Å². The first kappa shape index (κ1) is 23.7. The number of amides is 1. The van der Waals surface area contributed by atoms with Crippen molar-refractivity contribution in [1.82, 2.24) is 9.29 Å². The molecule has 35 heavy (non-hydrogen) atoms. The van der Waals surface area contributed by atoms with Crippen molar-refractivity contribution in [1.29, 1.82) is 0 Å². The van der Waals surface area contributed by atoms with Crippen LogP contribution in [-0.2, 0) is 14.8 Å². The smallest absolute Gasteiger partial charge is 0.243 e. The first-order valence-electron chi connectivity index (χ1n) is 12.1. The number of aromatic nitrogens is 1. The second-order valence-electron chi connectivity index (χ2n) is 9.27. The molecule has 2 aromatic carbocycles. The van der Waals surface area contributed by atoms with Crippen molar-refractivity contribution in [3.05, 3.63) is 60.4 Å². The Hall–Kier alpha value is -3.04. The molecule has 1 N–H and O–H groups in total. The number of fused-ring (bicyclic) bond motifs is 1. The SMILES string of the molecule is O=C(Nc1ccc(F)cc1)[C@@H]1CCCN(c2ccc3cc(S(=O)(=O)N4CCCCC4)ccc3n2)C1. The van der Waals surface area contributed by atoms with Crippen LogP contribution < -0.4 is 10.2 Å². The van der Waals surface area contributed by atoms with Gasteiger partial charge in [-0.1, -0.05) is 6.42 Å². The van der Waals surface area contributed by atoms with E-state index in [9.17, 15) is 17.6 Å². The molecule has 7 nitrogen and oxygen atoms in total. The van der Waals surface area contributed by atoms with E-state index < -0.39 is 10.0 Å². The molecule has 5 rings (SSSR count). The second kappa shape index (κ2) is 9.91. The fourth-order valence-electron chi connectivity index (χ4n) is 4.86. The molecule has 1 atom stereocenters. The molecule has 2 saturated heterocycles. The second-order valence-corrected chi connectivity index (χ2v) is 11.2. The predicted molar refractivity (Wildman–Crippen MR) is 134 cm³/mol. The van der Waals surface area contributed by atoms with Crippen LogP contribution in [0, 0.1) is 11.7 Å². The van der Waals surface area contributed by atoms with E-state index in [2.05, 4.69) is 10.2 Å². The van der Waals surface area contributed by atoms with Gasteiger partial charge in [0.25, 0.3) is 0 Å². The molecular formula is C26H29FN4O3S. The summed E-state index contributed by atoms with van der Waals surface area (Å²) >= 11 is 0. The fraction of sp³-hybridized carbons (Fsp3) is 0.385. The van der Waals surface area contributed by atoms with Crippen LogP contribution in [0.2, 0.25) is 0 Å². The molecule has 0 unspecified atom stereocenters. The van der Waals surface area contributed by atoms with Gasteiger partial charge in [-0.15, -0.1) is 0 Å². The van der Waals surface area contributed by atoms with Crippen LogP contribution in [0.1, 0.15) is 32.1 Å². The summed E-state index contributed by atoms with van der Waals surface area (Å²) in [5, 5.41) is 3.65. The maximum Gasteiger partial charge on any atom is 0.243 e. The molecule has 0 aliphatic carbocycles. The van der Waals surface area contributed by atoms with Crippen LogP contribution in [-0.4, -0.2) is 49.8 Å². The van der Waals surface area contributed by atoms with Gasteiger partial charge in [0.1, 0.15) is 11.6 Å². The van der Waals surface area contributed by atoms with Gasteiger partial charge in [0, 0.05) is 37.3 Å². The van der Waals surface area contributed by atoms with Crippen molar-refractivity contribution >= 4 is 38.3 Å². The first-order valence-corrected chi connectivity index (χ1v) is 13.6. The van der Waals surface area contributed by atoms with E-state index in [0.29, 0.717) is 30.2 Å². The van der Waals surface area contributed by atoms with Crippen LogP contribution in [0.25, 0.3) is 10.9 Å². The average molecular weight is 497 g/mol. The highest BCUT2D eigenvalue weighted by Crippen LogP contribution is 2.28. The van der Waals surface area contributed by atoms with Gasteiger partial charge in [-0.2, -0.15) is 4.31 Å². The number of benzene rings is 2. The van der Waals surface area contributed by atoms with Crippen molar-refractivity contribution in [3.63, 3.8) is 0 Å². The standard InChI is InChI=1S/C26H29FN4O3S/c27-21-7-9-22(10-8-21)28-26(32)20-5-4-14-30(18-20)25-13-6-19-17-23(11-12-24(19)29-25)35(33,34)31-15-2-1-3-16-31/h6-13,17,20H,1-5,14-16,18H2,(H,28,32)/t20-/m1/s1. The topological polar surface area (TPSA) is 82.6 Å². The molecule has 0 spiro atoms. The third-order valence-electron chi connectivity index (χ3n) is 6.83. The Bertz CT molecular complexity index is 1320. The molecule has 0 bridgehead atoms. The molecule has 1 amide bonds. The highest BCUT2D eigenvalue weighted by Gasteiger charge is 2.28. The van der Waals surface area contributed by atoms with E-state index in [1.54, 1.807) is 34.6 Å². The molecule has 3 heterocycles. The number of carbonyl (C=O) groups excluding carboxylic acids is 1. The van der Waals surface area contributed by atoms with Crippen LogP contribution >= 0.6 is 0 Å². The number of nitrogens with zero attached hydrogens (tertiary/aromatic N) is 3. The van der Waals surface area contributed by atoms with Crippen molar-refractivity contribution in [2.24, 2.45) is 5.92 Å². The minimum atomic E-state index is -3.50. The number of nitrogens with one attached hydrogen (secondary N) is 1. The molecular weight excluding hydrogens is 467 g/mol. The van der Waals surface area contributed by atoms with Crippen LogP contribution in [0.4, 0.5) is 15.9 Å². The quantitative estimate of drug-likeness (QED) is 0.566. The molecule has 3 aromatic rings. The number of hydrogen-bond acceptors (Lipinski definition) is 5. The van der Waals surface area contributed by atoms with E-state index >= 15 is 0 Å². The summed E-state index contributed by atoms with van der Waals surface area (Å²) in [6.45, 7) is 2.47. The summed E-state index contributed by atoms with van der Waals surface area (Å²) < 4.78 is 40.8. The van der Waals surface area contributed by atoms with E-state index in [0.717, 1.165) is 55.4 Å². The van der Waals surface area contributed by atoms with Gasteiger partial charge in [-0.3, -0.25) is 4.79 Å². The maximum atomic E-state index is 13.1. The van der Waals surface area contributed by atoms with Gasteiger partial charge in [0.15, 0.2) is 0 Å². The minimum Gasteiger partial charge on any atom is -0.356 e. The molecule has 1 aromatic heterocycles. The Balaban J connectivity index is 1.30. The number of rotatable bonds is 5. The number of hydrogen-bond donors (Lipinski definition) is 1. The summed E-state index contributed by atoms with van der Waals surface area (Å²) in [4.78, 5) is 20.0. The monoisotopic (exact) mass is 496 g/mol. The zero-order valence-electron chi connectivity index (χ0n) is 19.5. The maximum absolute atomic E-state index is 13.1. The Labute approximate surface area is 205 Å². The number of carbonyl (C=O) groups is 1. The highest BCUT2D eigenvalue weighted by atomic mass is 32.2. The molecule has 2 fully saturated rings. The lowest BCUT2D eigenvalue weighted by Crippen LogP contribution is -2.41. The van der Waals surface area contributed by atoms with Crippen molar-refractivity contribution in [3.8, 4) is 0 Å². The largest absolute Gasteiger partial charge is 0.356 e. The molecule has 2 aliphatic rings. The van der Waals surface area contributed by atoms with Gasteiger partial charge in [0.05, 0.1) is 16.3 Å². The zero-order chi connectivity index (χ0) is 24.4. The van der Waals surface area contributed by atoms with Crippen LogP contribution in [0.5, 0.6) is 0 Å².